The van der Waals surface area contributed by atoms with E-state index in [4.69, 9.17) is 14.7 Å². The minimum Gasteiger partial charge on any atom is -0.490 e. The van der Waals surface area contributed by atoms with Crippen LogP contribution in [0.4, 0.5) is 5.69 Å². The molecule has 2 aromatic rings. The summed E-state index contributed by atoms with van der Waals surface area (Å²) in [5, 5.41) is 10.8. The summed E-state index contributed by atoms with van der Waals surface area (Å²) in [5.41, 5.74) is 1.99. The summed E-state index contributed by atoms with van der Waals surface area (Å²) in [6.45, 7) is 8.12. The smallest absolute Gasteiger partial charge is 0.262 e. The van der Waals surface area contributed by atoms with Crippen LogP contribution in [0.2, 0.25) is 0 Å². The number of benzene rings is 2. The van der Waals surface area contributed by atoms with Gasteiger partial charge in [-0.3, -0.25) is 4.72 Å². The van der Waals surface area contributed by atoms with Crippen molar-refractivity contribution >= 4 is 27.5 Å². The molecule has 8 heteroatoms. The minimum absolute atomic E-state index is 0.0867. The lowest BCUT2D eigenvalue weighted by atomic mass is 10.1. The number of anilines is 1. The Labute approximate surface area is 164 Å². The second kappa shape index (κ2) is 9.02. The molecule has 0 aliphatic rings. The SMILES string of the molecule is CCOc1ccc(S(=O)(=O)Nc2c(C)cc(SC#N)cc2C)cc1OCC. The van der Waals surface area contributed by atoms with Crippen molar-refractivity contribution < 1.29 is 17.9 Å². The van der Waals surface area contributed by atoms with E-state index >= 15 is 0 Å². The fourth-order valence-electron chi connectivity index (χ4n) is 2.59. The number of aryl methyl sites for hydroxylation is 2. The second-order valence-electron chi connectivity index (χ2n) is 5.71. The molecule has 27 heavy (non-hydrogen) atoms. The lowest BCUT2D eigenvalue weighted by Crippen LogP contribution is -2.15. The van der Waals surface area contributed by atoms with Gasteiger partial charge in [0.2, 0.25) is 0 Å². The zero-order valence-electron chi connectivity index (χ0n) is 15.7. The Bertz CT molecular complexity index is 943. The van der Waals surface area contributed by atoms with Crippen LogP contribution in [0.3, 0.4) is 0 Å². The molecule has 0 aliphatic carbocycles. The van der Waals surface area contributed by atoms with Gasteiger partial charge in [-0.2, -0.15) is 5.26 Å². The average Bonchev–Trinajstić information content (AvgIpc) is 2.60. The molecule has 6 nitrogen and oxygen atoms in total. The van der Waals surface area contributed by atoms with Gasteiger partial charge in [-0.15, -0.1) is 0 Å². The molecule has 0 atom stereocenters. The van der Waals surface area contributed by atoms with Crippen LogP contribution >= 0.6 is 11.8 Å². The van der Waals surface area contributed by atoms with Crippen molar-refractivity contribution in [3.63, 3.8) is 0 Å². The van der Waals surface area contributed by atoms with Crippen LogP contribution in [0.15, 0.2) is 40.1 Å². The summed E-state index contributed by atoms with van der Waals surface area (Å²) in [5.74, 6) is 0.889. The van der Waals surface area contributed by atoms with Gasteiger partial charge in [0, 0.05) is 11.0 Å². The second-order valence-corrected chi connectivity index (χ2v) is 8.25. The maximum absolute atomic E-state index is 12.9. The van der Waals surface area contributed by atoms with Crippen LogP contribution in [0, 0.1) is 24.5 Å². The van der Waals surface area contributed by atoms with Gasteiger partial charge < -0.3 is 9.47 Å². The highest BCUT2D eigenvalue weighted by atomic mass is 32.2. The largest absolute Gasteiger partial charge is 0.490 e. The summed E-state index contributed by atoms with van der Waals surface area (Å²) in [4.78, 5) is 0.860. The summed E-state index contributed by atoms with van der Waals surface area (Å²) in [6.07, 6.45) is 0. The Kier molecular flexibility index (Phi) is 6.99. The summed E-state index contributed by atoms with van der Waals surface area (Å²) in [6, 6.07) is 8.10. The van der Waals surface area contributed by atoms with E-state index < -0.39 is 10.0 Å². The van der Waals surface area contributed by atoms with E-state index in [9.17, 15) is 8.42 Å². The van der Waals surface area contributed by atoms with Gasteiger partial charge in [-0.05, 0) is 74.8 Å². The first-order valence-corrected chi connectivity index (χ1v) is 10.7. The average molecular weight is 407 g/mol. The Morgan fingerprint density at radius 2 is 1.63 bits per heavy atom. The zero-order valence-corrected chi connectivity index (χ0v) is 17.3. The molecule has 0 saturated carbocycles. The molecule has 0 saturated heterocycles. The molecule has 0 bridgehead atoms. The number of thioether (sulfide) groups is 1. The fourth-order valence-corrected chi connectivity index (χ4v) is 4.38. The van der Waals surface area contributed by atoms with Crippen molar-refractivity contribution in [3.8, 4) is 16.9 Å². The van der Waals surface area contributed by atoms with Crippen LogP contribution < -0.4 is 14.2 Å². The molecular formula is C19H22N2O4S2. The Morgan fingerprint density at radius 1 is 1.04 bits per heavy atom. The molecule has 144 valence electrons. The first-order chi connectivity index (χ1) is 12.8. The first kappa shape index (κ1) is 20.9. The van der Waals surface area contributed by atoms with Crippen molar-refractivity contribution in [2.45, 2.75) is 37.5 Å². The molecule has 2 aromatic carbocycles. The molecule has 2 rings (SSSR count). The third-order valence-corrected chi connectivity index (χ3v) is 5.64. The normalized spacial score (nSPS) is 10.9. The summed E-state index contributed by atoms with van der Waals surface area (Å²) < 4.78 is 39.4. The van der Waals surface area contributed by atoms with E-state index in [1.165, 1.54) is 12.1 Å². The van der Waals surface area contributed by atoms with Crippen LogP contribution in [0.25, 0.3) is 0 Å². The number of ether oxygens (including phenoxy) is 2. The number of hydrogen-bond acceptors (Lipinski definition) is 6. The molecule has 0 spiro atoms. The highest BCUT2D eigenvalue weighted by Crippen LogP contribution is 2.33. The highest BCUT2D eigenvalue weighted by molar-refractivity contribution is 8.03. The molecule has 1 N–H and O–H groups in total. The molecule has 0 fully saturated rings. The monoisotopic (exact) mass is 406 g/mol. The molecule has 0 aliphatic heterocycles. The summed E-state index contributed by atoms with van der Waals surface area (Å²) >= 11 is 1.04. The first-order valence-electron chi connectivity index (χ1n) is 8.42. The lowest BCUT2D eigenvalue weighted by molar-refractivity contribution is 0.287. The van der Waals surface area contributed by atoms with E-state index in [1.807, 2.05) is 19.2 Å². The van der Waals surface area contributed by atoms with Gasteiger partial charge in [0.05, 0.1) is 23.8 Å². The Morgan fingerprint density at radius 3 is 2.19 bits per heavy atom. The van der Waals surface area contributed by atoms with Gasteiger partial charge >= 0.3 is 0 Å². The van der Waals surface area contributed by atoms with E-state index in [2.05, 4.69) is 4.72 Å². The predicted octanol–water partition coefficient (Wildman–Crippen LogP) is 4.47. The van der Waals surface area contributed by atoms with Crippen molar-refractivity contribution in [3.05, 3.63) is 41.5 Å². The van der Waals surface area contributed by atoms with E-state index in [1.54, 1.807) is 32.0 Å². The quantitative estimate of drug-likeness (QED) is 0.514. The summed E-state index contributed by atoms with van der Waals surface area (Å²) in [7, 11) is -3.81. The Hall–Kier alpha value is -2.37. The van der Waals surface area contributed by atoms with E-state index in [-0.39, 0.29) is 4.90 Å². The molecule has 0 unspecified atom stereocenters. The maximum Gasteiger partial charge on any atom is 0.262 e. The van der Waals surface area contributed by atoms with Crippen LogP contribution in [-0.2, 0) is 10.0 Å². The standard InChI is InChI=1S/C19H22N2O4S2/c1-5-24-17-8-7-16(11-18(17)25-6-2)27(22,23)21-19-13(3)9-15(26-12-20)10-14(19)4/h7-11,21H,5-6H2,1-4H3. The number of thiocyanates is 1. The predicted molar refractivity (Wildman–Crippen MR) is 107 cm³/mol. The maximum atomic E-state index is 12.9. The van der Waals surface area contributed by atoms with E-state index in [0.717, 1.165) is 27.8 Å². The van der Waals surface area contributed by atoms with Crippen LogP contribution in [0.1, 0.15) is 25.0 Å². The van der Waals surface area contributed by atoms with Crippen molar-refractivity contribution in [2.24, 2.45) is 0 Å². The molecule has 0 heterocycles. The number of hydrogen-bond donors (Lipinski definition) is 1. The molecular weight excluding hydrogens is 384 g/mol. The van der Waals surface area contributed by atoms with Crippen LogP contribution in [0.5, 0.6) is 11.5 Å². The molecule has 0 radical (unpaired) electrons. The molecule has 0 amide bonds. The molecule has 0 aromatic heterocycles. The number of nitrogens with zero attached hydrogens (tertiary/aromatic N) is 1. The zero-order chi connectivity index (χ0) is 20.0. The van der Waals surface area contributed by atoms with Crippen molar-refractivity contribution in [1.82, 2.24) is 0 Å². The number of rotatable bonds is 8. The third-order valence-electron chi connectivity index (χ3n) is 3.73. The third kappa shape index (κ3) is 5.08. The lowest BCUT2D eigenvalue weighted by Gasteiger charge is -2.16. The Balaban J connectivity index is 2.40. The number of nitriles is 1. The topological polar surface area (TPSA) is 88.4 Å². The van der Waals surface area contributed by atoms with Gasteiger partial charge in [0.1, 0.15) is 5.40 Å². The van der Waals surface area contributed by atoms with Gasteiger partial charge in [0.15, 0.2) is 11.5 Å². The fraction of sp³-hybridized carbons (Fsp3) is 0.316. The van der Waals surface area contributed by atoms with Gasteiger partial charge in [-0.1, -0.05) is 0 Å². The number of nitrogens with one attached hydrogen (secondary N) is 1. The minimum atomic E-state index is -3.81. The van der Waals surface area contributed by atoms with Gasteiger partial charge in [-0.25, -0.2) is 8.42 Å². The van der Waals surface area contributed by atoms with Crippen molar-refractivity contribution in [1.29, 1.82) is 5.26 Å². The van der Waals surface area contributed by atoms with Crippen molar-refractivity contribution in [2.75, 3.05) is 17.9 Å². The number of sulfonamides is 1. The van der Waals surface area contributed by atoms with E-state index in [0.29, 0.717) is 30.4 Å². The highest BCUT2D eigenvalue weighted by Gasteiger charge is 2.20. The van der Waals surface area contributed by atoms with Crippen LogP contribution in [-0.4, -0.2) is 21.6 Å². The van der Waals surface area contributed by atoms with Gasteiger partial charge in [0.25, 0.3) is 10.0 Å².